The summed E-state index contributed by atoms with van der Waals surface area (Å²) in [5.74, 6) is -4.00. The van der Waals surface area contributed by atoms with Crippen molar-refractivity contribution >= 4 is 23.7 Å². The van der Waals surface area contributed by atoms with Crippen LogP contribution in [0.3, 0.4) is 0 Å². The Morgan fingerprint density at radius 3 is 1.50 bits per heavy atom. The van der Waals surface area contributed by atoms with E-state index in [1.165, 1.54) is 0 Å². The molecule has 0 aromatic heterocycles. The summed E-state index contributed by atoms with van der Waals surface area (Å²) in [6.45, 7) is 3.04. The van der Waals surface area contributed by atoms with E-state index < -0.39 is 35.9 Å². The van der Waals surface area contributed by atoms with Gasteiger partial charge in [0.1, 0.15) is 0 Å². The van der Waals surface area contributed by atoms with Crippen LogP contribution in [0, 0.1) is 0 Å². The van der Waals surface area contributed by atoms with Crippen LogP contribution in [-0.2, 0) is 28.7 Å². The first-order valence-corrected chi connectivity index (χ1v) is 4.33. The molecule has 7 nitrogen and oxygen atoms in total. The second-order valence-corrected chi connectivity index (χ2v) is 3.01. The van der Waals surface area contributed by atoms with Crippen LogP contribution in [0.2, 0.25) is 0 Å². The highest BCUT2D eigenvalue weighted by Gasteiger charge is 2.37. The number of hydrogen-bond acceptors (Lipinski definition) is 6. The summed E-state index contributed by atoms with van der Waals surface area (Å²) in [6, 6.07) is 0. The third kappa shape index (κ3) is 4.54. The molecule has 0 bridgehead atoms. The smallest absolute Gasteiger partial charge is 0.349 e. The molecule has 0 aliphatic heterocycles. The first-order chi connectivity index (χ1) is 7.25. The van der Waals surface area contributed by atoms with Gasteiger partial charge in [-0.25, -0.2) is 4.79 Å². The Labute approximate surface area is 91.3 Å². The number of esters is 2. The summed E-state index contributed by atoms with van der Waals surface area (Å²) in [7, 11) is 0. The highest BCUT2D eigenvalue weighted by atomic mass is 16.6. The average molecular weight is 232 g/mol. The van der Waals surface area contributed by atoms with Crippen molar-refractivity contribution in [1.29, 1.82) is 0 Å². The standard InChI is InChI=1S/C9H12O7/c1-4(10)7(15-5(2)11)8(9(13)14)16-6(3)12/h7-8H,1-3H3,(H,13,14)/t7-,8+/m0/s1. The minimum atomic E-state index is -1.82. The van der Waals surface area contributed by atoms with Gasteiger partial charge in [-0.15, -0.1) is 0 Å². The maximum atomic E-state index is 11.1. The number of ether oxygens (including phenoxy) is 2. The maximum absolute atomic E-state index is 11.1. The van der Waals surface area contributed by atoms with E-state index in [0.717, 1.165) is 20.8 Å². The molecular formula is C9H12O7. The van der Waals surface area contributed by atoms with Gasteiger partial charge in [-0.1, -0.05) is 0 Å². The molecule has 7 heteroatoms. The van der Waals surface area contributed by atoms with E-state index in [9.17, 15) is 19.2 Å². The van der Waals surface area contributed by atoms with Gasteiger partial charge in [-0.05, 0) is 6.92 Å². The number of rotatable bonds is 5. The number of carboxylic acid groups (broad SMARTS) is 1. The number of ketones is 1. The molecule has 0 unspecified atom stereocenters. The van der Waals surface area contributed by atoms with E-state index in [2.05, 4.69) is 9.47 Å². The SMILES string of the molecule is CC(=O)O[C@@H](C(C)=O)[C@@H](OC(C)=O)C(=O)O. The molecule has 0 aliphatic rings. The molecular weight excluding hydrogens is 220 g/mol. The quantitative estimate of drug-likeness (QED) is 0.638. The van der Waals surface area contributed by atoms with Gasteiger partial charge in [0.2, 0.25) is 12.2 Å². The maximum Gasteiger partial charge on any atom is 0.349 e. The molecule has 0 aliphatic carbocycles. The van der Waals surface area contributed by atoms with Crippen LogP contribution < -0.4 is 0 Å². The highest BCUT2D eigenvalue weighted by molar-refractivity contribution is 5.90. The molecule has 0 spiro atoms. The van der Waals surface area contributed by atoms with Gasteiger partial charge in [0.25, 0.3) is 0 Å². The van der Waals surface area contributed by atoms with Crippen LogP contribution in [0.5, 0.6) is 0 Å². The minimum Gasteiger partial charge on any atom is -0.478 e. The lowest BCUT2D eigenvalue weighted by Gasteiger charge is -2.20. The number of aliphatic carboxylic acids is 1. The van der Waals surface area contributed by atoms with Crippen LogP contribution >= 0.6 is 0 Å². The molecule has 0 rings (SSSR count). The molecule has 90 valence electrons. The fraction of sp³-hybridized carbons (Fsp3) is 0.556. The van der Waals surface area contributed by atoms with Crippen molar-refractivity contribution in [2.75, 3.05) is 0 Å². The zero-order valence-corrected chi connectivity index (χ0v) is 9.05. The molecule has 0 amide bonds. The van der Waals surface area contributed by atoms with Gasteiger partial charge < -0.3 is 14.6 Å². The Hall–Kier alpha value is -1.92. The topological polar surface area (TPSA) is 107 Å². The van der Waals surface area contributed by atoms with E-state index in [0.29, 0.717) is 0 Å². The molecule has 16 heavy (non-hydrogen) atoms. The minimum absolute atomic E-state index is 0.719. The van der Waals surface area contributed by atoms with Gasteiger partial charge in [0, 0.05) is 13.8 Å². The Kier molecular flexibility index (Phi) is 5.14. The summed E-state index contributed by atoms with van der Waals surface area (Å²) in [6.07, 6.45) is -3.45. The monoisotopic (exact) mass is 232 g/mol. The van der Waals surface area contributed by atoms with Crippen LogP contribution in [0.25, 0.3) is 0 Å². The predicted molar refractivity (Wildman–Crippen MR) is 49.4 cm³/mol. The second kappa shape index (κ2) is 5.84. The fourth-order valence-electron chi connectivity index (χ4n) is 0.957. The van der Waals surface area contributed by atoms with Gasteiger partial charge in [-0.3, -0.25) is 14.4 Å². The summed E-state index contributed by atoms with van der Waals surface area (Å²) < 4.78 is 8.89. The summed E-state index contributed by atoms with van der Waals surface area (Å²) in [5.41, 5.74) is 0. The van der Waals surface area contributed by atoms with Crippen molar-refractivity contribution in [3.05, 3.63) is 0 Å². The molecule has 1 N–H and O–H groups in total. The van der Waals surface area contributed by atoms with E-state index in [-0.39, 0.29) is 0 Å². The highest BCUT2D eigenvalue weighted by Crippen LogP contribution is 2.07. The third-order valence-electron chi connectivity index (χ3n) is 1.50. The van der Waals surface area contributed by atoms with Gasteiger partial charge >= 0.3 is 17.9 Å². The molecule has 2 atom stereocenters. The molecule has 0 radical (unpaired) electrons. The second-order valence-electron chi connectivity index (χ2n) is 3.01. The zero-order chi connectivity index (χ0) is 12.9. The van der Waals surface area contributed by atoms with Crippen molar-refractivity contribution in [3.63, 3.8) is 0 Å². The van der Waals surface area contributed by atoms with E-state index in [1.54, 1.807) is 0 Å². The normalized spacial score (nSPS) is 13.4. The van der Waals surface area contributed by atoms with Gasteiger partial charge in [-0.2, -0.15) is 0 Å². The molecule has 0 fully saturated rings. The van der Waals surface area contributed by atoms with Crippen molar-refractivity contribution in [2.45, 2.75) is 33.0 Å². The predicted octanol–water partition coefficient (Wildman–Crippen LogP) is -0.477. The van der Waals surface area contributed by atoms with Crippen LogP contribution in [0.4, 0.5) is 0 Å². The lowest BCUT2D eigenvalue weighted by Crippen LogP contribution is -2.44. The zero-order valence-electron chi connectivity index (χ0n) is 9.05. The van der Waals surface area contributed by atoms with Crippen LogP contribution in [-0.4, -0.2) is 41.0 Å². The average Bonchev–Trinajstić information content (AvgIpc) is 2.09. The molecule has 0 aromatic rings. The Morgan fingerprint density at radius 1 is 0.875 bits per heavy atom. The number of hydrogen-bond donors (Lipinski definition) is 1. The lowest BCUT2D eigenvalue weighted by molar-refractivity contribution is -0.179. The number of carbonyl (C=O) groups is 4. The molecule has 0 saturated heterocycles. The van der Waals surface area contributed by atoms with Crippen molar-refractivity contribution in [2.24, 2.45) is 0 Å². The first-order valence-electron chi connectivity index (χ1n) is 4.33. The summed E-state index contributed by atoms with van der Waals surface area (Å²) in [5, 5.41) is 8.73. The number of Topliss-reactive ketones (excluding diaryl/α,β-unsaturated/α-hetero) is 1. The third-order valence-corrected chi connectivity index (χ3v) is 1.50. The van der Waals surface area contributed by atoms with Crippen LogP contribution in [0.1, 0.15) is 20.8 Å². The van der Waals surface area contributed by atoms with Crippen molar-refractivity contribution < 1.29 is 33.8 Å². The summed E-state index contributed by atoms with van der Waals surface area (Å²) >= 11 is 0. The number of carboxylic acids is 1. The summed E-state index contributed by atoms with van der Waals surface area (Å²) in [4.78, 5) is 43.1. The fourth-order valence-corrected chi connectivity index (χ4v) is 0.957. The first kappa shape index (κ1) is 14.1. The molecule has 0 aromatic carbocycles. The Balaban J connectivity index is 4.93. The largest absolute Gasteiger partial charge is 0.478 e. The Bertz CT molecular complexity index is 288. The van der Waals surface area contributed by atoms with Gasteiger partial charge in [0.15, 0.2) is 5.78 Å². The Morgan fingerprint density at radius 2 is 1.25 bits per heavy atom. The van der Waals surface area contributed by atoms with E-state index in [4.69, 9.17) is 5.11 Å². The lowest BCUT2D eigenvalue weighted by atomic mass is 10.1. The van der Waals surface area contributed by atoms with Crippen molar-refractivity contribution in [3.8, 4) is 0 Å². The van der Waals surface area contributed by atoms with Crippen LogP contribution in [0.15, 0.2) is 0 Å². The molecule has 0 saturated carbocycles. The van der Waals surface area contributed by atoms with E-state index in [1.807, 2.05) is 0 Å². The van der Waals surface area contributed by atoms with Gasteiger partial charge in [0.05, 0.1) is 0 Å². The molecule has 0 heterocycles. The van der Waals surface area contributed by atoms with Crippen molar-refractivity contribution in [1.82, 2.24) is 0 Å². The van der Waals surface area contributed by atoms with E-state index >= 15 is 0 Å². The number of carbonyl (C=O) groups excluding carboxylic acids is 3.